The van der Waals surface area contributed by atoms with Crippen molar-refractivity contribution in [2.45, 2.75) is 45.8 Å². The molecule has 0 spiro atoms. The van der Waals surface area contributed by atoms with E-state index < -0.39 is 5.91 Å². The smallest absolute Gasteiger partial charge is 0.261 e. The second kappa shape index (κ2) is 9.53. The average molecular weight is 395 g/mol. The minimum atomic E-state index is -0.404. The van der Waals surface area contributed by atoms with E-state index in [-0.39, 0.29) is 17.5 Å². The van der Waals surface area contributed by atoms with Crippen LogP contribution >= 0.6 is 0 Å². The minimum Gasteiger partial charge on any atom is -0.376 e. The molecule has 5 nitrogen and oxygen atoms in total. The number of nitriles is 1. The Labute approximate surface area is 170 Å². The fraction of sp³-hybridized carbons (Fsp3) is 0.391. The van der Waals surface area contributed by atoms with E-state index in [0.717, 1.165) is 48.5 Å². The molecule has 6 heteroatoms. The number of carbonyl (C=O) groups is 1. The molecule has 1 atom stereocenters. The Morgan fingerprint density at radius 3 is 2.79 bits per heavy atom. The van der Waals surface area contributed by atoms with Crippen LogP contribution in [0, 0.1) is 31.0 Å². The third kappa shape index (κ3) is 5.33. The van der Waals surface area contributed by atoms with Crippen molar-refractivity contribution in [1.82, 2.24) is 9.88 Å². The normalized spacial score (nSPS) is 16.6. The molecule has 152 valence electrons. The van der Waals surface area contributed by atoms with E-state index in [1.54, 1.807) is 18.2 Å². The van der Waals surface area contributed by atoms with Crippen LogP contribution in [-0.4, -0.2) is 29.7 Å². The van der Waals surface area contributed by atoms with Gasteiger partial charge in [0.05, 0.1) is 6.10 Å². The Bertz CT molecular complexity index is 932. The number of aromatic nitrogens is 1. The van der Waals surface area contributed by atoms with E-state index in [1.807, 2.05) is 26.0 Å². The summed E-state index contributed by atoms with van der Waals surface area (Å²) in [4.78, 5) is 12.4. The van der Waals surface area contributed by atoms with Crippen LogP contribution in [0.3, 0.4) is 0 Å². The topological polar surface area (TPSA) is 67.0 Å². The number of benzene rings is 1. The Balaban J connectivity index is 1.64. The van der Waals surface area contributed by atoms with Crippen LogP contribution in [0.1, 0.15) is 35.4 Å². The maximum absolute atomic E-state index is 12.9. The molecule has 2 heterocycles. The Morgan fingerprint density at radius 2 is 2.14 bits per heavy atom. The molecule has 0 bridgehead atoms. The first-order valence-electron chi connectivity index (χ1n) is 9.90. The molecule has 1 aliphatic rings. The predicted octanol–water partition coefficient (Wildman–Crippen LogP) is 3.69. The zero-order chi connectivity index (χ0) is 20.8. The van der Waals surface area contributed by atoms with Gasteiger partial charge in [-0.25, -0.2) is 4.39 Å². The number of hydrogen-bond donors (Lipinski definition) is 1. The largest absolute Gasteiger partial charge is 0.376 e. The van der Waals surface area contributed by atoms with E-state index in [9.17, 15) is 14.4 Å². The molecule has 2 aromatic rings. The van der Waals surface area contributed by atoms with Gasteiger partial charge in [0.15, 0.2) is 0 Å². The Kier molecular flexibility index (Phi) is 6.84. The maximum atomic E-state index is 12.9. The molecule has 1 fully saturated rings. The van der Waals surface area contributed by atoms with Crippen LogP contribution in [0.2, 0.25) is 0 Å². The van der Waals surface area contributed by atoms with E-state index in [1.165, 1.54) is 12.1 Å². The van der Waals surface area contributed by atoms with E-state index in [2.05, 4.69) is 9.88 Å². The zero-order valence-corrected chi connectivity index (χ0v) is 16.9. The predicted molar refractivity (Wildman–Crippen MR) is 110 cm³/mol. The van der Waals surface area contributed by atoms with Crippen LogP contribution in [0.4, 0.5) is 4.39 Å². The van der Waals surface area contributed by atoms with Crippen molar-refractivity contribution in [3.05, 3.63) is 64.2 Å². The highest BCUT2D eigenvalue weighted by Gasteiger charge is 2.19. The maximum Gasteiger partial charge on any atom is 0.261 e. The number of ether oxygens (including phenoxy) is 1. The number of halogens is 1. The summed E-state index contributed by atoms with van der Waals surface area (Å²) >= 11 is 0. The van der Waals surface area contributed by atoms with Crippen molar-refractivity contribution in [2.75, 3.05) is 13.2 Å². The van der Waals surface area contributed by atoms with E-state index in [0.29, 0.717) is 13.0 Å². The summed E-state index contributed by atoms with van der Waals surface area (Å²) in [5.74, 6) is -0.692. The van der Waals surface area contributed by atoms with Crippen molar-refractivity contribution in [2.24, 2.45) is 0 Å². The molecule has 1 N–H and O–H groups in total. The molecule has 1 aliphatic heterocycles. The second-order valence-electron chi connectivity index (χ2n) is 7.37. The number of nitrogens with one attached hydrogen (secondary N) is 1. The summed E-state index contributed by atoms with van der Waals surface area (Å²) in [7, 11) is 0. The minimum absolute atomic E-state index is 0.0708. The van der Waals surface area contributed by atoms with Gasteiger partial charge in [-0.05, 0) is 68.5 Å². The lowest BCUT2D eigenvalue weighted by Gasteiger charge is -2.14. The third-order valence-corrected chi connectivity index (χ3v) is 5.30. The molecule has 1 aromatic carbocycles. The van der Waals surface area contributed by atoms with Crippen LogP contribution in [0.25, 0.3) is 6.08 Å². The van der Waals surface area contributed by atoms with Gasteiger partial charge in [0.1, 0.15) is 17.5 Å². The SMILES string of the molecule is Cc1cc(/C=C(\C#N)C(=O)NCCc2ccc(F)cc2)c(C)n1CC1CCCO1. The van der Waals surface area contributed by atoms with Gasteiger partial charge in [0, 0.05) is 31.1 Å². The van der Waals surface area contributed by atoms with E-state index >= 15 is 0 Å². The molecule has 1 saturated heterocycles. The van der Waals surface area contributed by atoms with Crippen LogP contribution in [0.5, 0.6) is 0 Å². The van der Waals surface area contributed by atoms with Crippen LogP contribution < -0.4 is 5.32 Å². The van der Waals surface area contributed by atoms with Gasteiger partial charge in [-0.3, -0.25) is 4.79 Å². The fourth-order valence-corrected chi connectivity index (χ4v) is 3.62. The lowest BCUT2D eigenvalue weighted by atomic mass is 10.1. The number of aryl methyl sites for hydroxylation is 1. The van der Waals surface area contributed by atoms with Gasteiger partial charge in [0.2, 0.25) is 0 Å². The number of rotatable bonds is 7. The summed E-state index contributed by atoms with van der Waals surface area (Å²) in [5, 5.41) is 12.2. The molecule has 1 aromatic heterocycles. The van der Waals surface area contributed by atoms with Crippen LogP contribution in [-0.2, 0) is 22.5 Å². The number of hydrogen-bond acceptors (Lipinski definition) is 3. The van der Waals surface area contributed by atoms with Gasteiger partial charge in [-0.1, -0.05) is 12.1 Å². The number of nitrogens with zero attached hydrogens (tertiary/aromatic N) is 2. The van der Waals surface area contributed by atoms with Gasteiger partial charge in [-0.15, -0.1) is 0 Å². The highest BCUT2D eigenvalue weighted by molar-refractivity contribution is 6.01. The standard InChI is InChI=1S/C23H26FN3O2/c1-16-12-19(17(2)27(16)15-22-4-3-11-29-22)13-20(14-25)23(28)26-10-9-18-5-7-21(24)8-6-18/h5-8,12-13,22H,3-4,9-11,15H2,1-2H3,(H,26,28)/b20-13+. The Morgan fingerprint density at radius 1 is 1.38 bits per heavy atom. The Hall–Kier alpha value is -2.91. The average Bonchev–Trinajstić information content (AvgIpc) is 3.31. The molecule has 1 amide bonds. The van der Waals surface area contributed by atoms with Gasteiger partial charge in [0.25, 0.3) is 5.91 Å². The molecular formula is C23H26FN3O2. The third-order valence-electron chi connectivity index (χ3n) is 5.30. The molecule has 3 rings (SSSR count). The van der Waals surface area contributed by atoms with Crippen molar-refractivity contribution in [3.63, 3.8) is 0 Å². The monoisotopic (exact) mass is 395 g/mol. The van der Waals surface area contributed by atoms with E-state index in [4.69, 9.17) is 4.74 Å². The van der Waals surface area contributed by atoms with Gasteiger partial charge >= 0.3 is 0 Å². The fourth-order valence-electron chi connectivity index (χ4n) is 3.62. The molecule has 0 aliphatic carbocycles. The highest BCUT2D eigenvalue weighted by atomic mass is 19.1. The first-order valence-corrected chi connectivity index (χ1v) is 9.90. The number of carbonyl (C=O) groups excluding carboxylic acids is 1. The van der Waals surface area contributed by atoms with Gasteiger partial charge < -0.3 is 14.6 Å². The molecule has 0 radical (unpaired) electrons. The van der Waals surface area contributed by atoms with Crippen molar-refractivity contribution < 1.29 is 13.9 Å². The van der Waals surface area contributed by atoms with Crippen molar-refractivity contribution in [3.8, 4) is 6.07 Å². The molecule has 0 saturated carbocycles. The first-order chi connectivity index (χ1) is 14.0. The second-order valence-corrected chi connectivity index (χ2v) is 7.37. The summed E-state index contributed by atoms with van der Waals surface area (Å²) in [6, 6.07) is 10.2. The summed E-state index contributed by atoms with van der Waals surface area (Å²) in [5.41, 5.74) is 3.96. The highest BCUT2D eigenvalue weighted by Crippen LogP contribution is 2.22. The van der Waals surface area contributed by atoms with Gasteiger partial charge in [-0.2, -0.15) is 5.26 Å². The lowest BCUT2D eigenvalue weighted by molar-refractivity contribution is -0.117. The van der Waals surface area contributed by atoms with Crippen LogP contribution in [0.15, 0.2) is 35.9 Å². The molecule has 29 heavy (non-hydrogen) atoms. The summed E-state index contributed by atoms with van der Waals surface area (Å²) in [6.07, 6.45) is 4.58. The summed E-state index contributed by atoms with van der Waals surface area (Å²) < 4.78 is 20.9. The molecular weight excluding hydrogens is 369 g/mol. The number of amides is 1. The van der Waals surface area contributed by atoms with Crippen molar-refractivity contribution in [1.29, 1.82) is 5.26 Å². The first kappa shape index (κ1) is 20.8. The lowest BCUT2D eigenvalue weighted by Crippen LogP contribution is -2.26. The summed E-state index contributed by atoms with van der Waals surface area (Å²) in [6.45, 7) is 6.00. The zero-order valence-electron chi connectivity index (χ0n) is 16.9. The van der Waals surface area contributed by atoms with Crippen molar-refractivity contribution >= 4 is 12.0 Å². The quantitative estimate of drug-likeness (QED) is 0.574. The molecule has 1 unspecified atom stereocenters.